The first-order valence-electron chi connectivity index (χ1n) is 8.15. The van der Waals surface area contributed by atoms with Crippen LogP contribution in [0.4, 0.5) is 0 Å². The highest BCUT2D eigenvalue weighted by molar-refractivity contribution is 5.00. The van der Waals surface area contributed by atoms with Crippen molar-refractivity contribution in [3.63, 3.8) is 0 Å². The molecule has 3 fully saturated rings. The van der Waals surface area contributed by atoms with Crippen LogP contribution in [0, 0.1) is 5.92 Å². The van der Waals surface area contributed by atoms with E-state index in [1.807, 2.05) is 0 Å². The van der Waals surface area contributed by atoms with Gasteiger partial charge in [-0.15, -0.1) is 0 Å². The third-order valence-electron chi connectivity index (χ3n) is 5.86. The molecule has 2 N–H and O–H groups in total. The van der Waals surface area contributed by atoms with Crippen molar-refractivity contribution < 1.29 is 4.74 Å². The SMILES string of the molecule is NC1(C2CCOC3(CCCC3)C2)CCCCCC1. The van der Waals surface area contributed by atoms with E-state index < -0.39 is 0 Å². The smallest absolute Gasteiger partial charge is 0.0685 e. The molecule has 0 radical (unpaired) electrons. The number of rotatable bonds is 1. The van der Waals surface area contributed by atoms with Gasteiger partial charge in [-0.25, -0.2) is 0 Å². The number of nitrogens with two attached hydrogens (primary N) is 1. The molecule has 18 heavy (non-hydrogen) atoms. The van der Waals surface area contributed by atoms with Crippen LogP contribution >= 0.6 is 0 Å². The number of ether oxygens (including phenoxy) is 1. The molecule has 2 heteroatoms. The molecule has 2 saturated carbocycles. The van der Waals surface area contributed by atoms with Gasteiger partial charge in [-0.3, -0.25) is 0 Å². The normalized spacial score (nSPS) is 35.5. The molecule has 1 atom stereocenters. The maximum atomic E-state index is 6.83. The van der Waals surface area contributed by atoms with E-state index in [-0.39, 0.29) is 11.1 Å². The second-order valence-corrected chi connectivity index (χ2v) is 7.08. The van der Waals surface area contributed by atoms with Crippen LogP contribution in [0.5, 0.6) is 0 Å². The van der Waals surface area contributed by atoms with Gasteiger partial charge in [-0.05, 0) is 44.4 Å². The van der Waals surface area contributed by atoms with Gasteiger partial charge in [0, 0.05) is 12.1 Å². The molecule has 1 saturated heterocycles. The van der Waals surface area contributed by atoms with Gasteiger partial charge in [0.05, 0.1) is 5.60 Å². The zero-order valence-electron chi connectivity index (χ0n) is 11.8. The van der Waals surface area contributed by atoms with E-state index in [1.165, 1.54) is 77.0 Å². The minimum atomic E-state index is 0.135. The van der Waals surface area contributed by atoms with E-state index in [0.29, 0.717) is 0 Å². The Morgan fingerprint density at radius 3 is 2.11 bits per heavy atom. The average Bonchev–Trinajstić information content (AvgIpc) is 2.69. The van der Waals surface area contributed by atoms with Crippen molar-refractivity contribution in [1.29, 1.82) is 0 Å². The predicted octanol–water partition coefficient (Wildman–Crippen LogP) is 3.78. The Morgan fingerprint density at radius 2 is 1.44 bits per heavy atom. The van der Waals surface area contributed by atoms with Crippen molar-refractivity contribution in [2.45, 2.75) is 88.2 Å². The predicted molar refractivity (Wildman–Crippen MR) is 74.5 cm³/mol. The fraction of sp³-hybridized carbons (Fsp3) is 1.00. The van der Waals surface area contributed by atoms with Crippen LogP contribution in [0.2, 0.25) is 0 Å². The van der Waals surface area contributed by atoms with Crippen LogP contribution in [0.3, 0.4) is 0 Å². The molecular formula is C16H29NO. The standard InChI is InChI=1S/C16H29NO/c17-16(10-3-1-2-4-11-16)14-7-12-18-15(13-14)8-5-6-9-15/h14H,1-13,17H2. The molecule has 3 rings (SSSR count). The van der Waals surface area contributed by atoms with E-state index in [4.69, 9.17) is 10.5 Å². The Morgan fingerprint density at radius 1 is 0.833 bits per heavy atom. The molecule has 2 aliphatic carbocycles. The topological polar surface area (TPSA) is 35.2 Å². The molecule has 1 unspecified atom stereocenters. The summed E-state index contributed by atoms with van der Waals surface area (Å²) in [5, 5.41) is 0. The van der Waals surface area contributed by atoms with Crippen LogP contribution in [-0.4, -0.2) is 17.7 Å². The lowest BCUT2D eigenvalue weighted by molar-refractivity contribution is -0.106. The molecule has 2 nitrogen and oxygen atoms in total. The second-order valence-electron chi connectivity index (χ2n) is 7.08. The van der Waals surface area contributed by atoms with Gasteiger partial charge in [0.25, 0.3) is 0 Å². The summed E-state index contributed by atoms with van der Waals surface area (Å²) in [5.41, 5.74) is 7.20. The van der Waals surface area contributed by atoms with Crippen molar-refractivity contribution in [3.05, 3.63) is 0 Å². The van der Waals surface area contributed by atoms with Crippen LogP contribution in [0.1, 0.15) is 77.0 Å². The molecule has 0 amide bonds. The maximum Gasteiger partial charge on any atom is 0.0685 e. The lowest BCUT2D eigenvalue weighted by Crippen LogP contribution is -2.52. The van der Waals surface area contributed by atoms with Crippen molar-refractivity contribution in [2.75, 3.05) is 6.61 Å². The molecule has 0 aromatic rings. The lowest BCUT2D eigenvalue weighted by atomic mass is 9.70. The molecule has 1 heterocycles. The van der Waals surface area contributed by atoms with Gasteiger partial charge in [-0.1, -0.05) is 38.5 Å². The molecule has 3 aliphatic rings. The minimum Gasteiger partial charge on any atom is -0.375 e. The highest BCUT2D eigenvalue weighted by Gasteiger charge is 2.45. The monoisotopic (exact) mass is 251 g/mol. The van der Waals surface area contributed by atoms with E-state index in [9.17, 15) is 0 Å². The Bertz CT molecular complexity index is 275. The lowest BCUT2D eigenvalue weighted by Gasteiger charge is -2.46. The van der Waals surface area contributed by atoms with E-state index >= 15 is 0 Å². The zero-order valence-corrected chi connectivity index (χ0v) is 11.8. The van der Waals surface area contributed by atoms with Gasteiger partial charge in [0.2, 0.25) is 0 Å². The van der Waals surface area contributed by atoms with Crippen molar-refractivity contribution >= 4 is 0 Å². The fourth-order valence-electron chi connectivity index (χ4n) is 4.68. The summed E-state index contributed by atoms with van der Waals surface area (Å²) in [6.07, 6.45) is 15.8. The van der Waals surface area contributed by atoms with Gasteiger partial charge >= 0.3 is 0 Å². The number of hydrogen-bond donors (Lipinski definition) is 1. The Hall–Kier alpha value is -0.0800. The first kappa shape index (κ1) is 12.9. The van der Waals surface area contributed by atoms with Crippen LogP contribution in [0.15, 0.2) is 0 Å². The summed E-state index contributed by atoms with van der Waals surface area (Å²) in [5.74, 6) is 0.724. The zero-order chi connectivity index (χ0) is 12.5. The van der Waals surface area contributed by atoms with E-state index in [0.717, 1.165) is 12.5 Å². The third kappa shape index (κ3) is 2.46. The maximum absolute atomic E-state index is 6.83. The summed E-state index contributed by atoms with van der Waals surface area (Å²) in [6, 6.07) is 0. The molecule has 0 aromatic heterocycles. The Balaban J connectivity index is 1.70. The van der Waals surface area contributed by atoms with E-state index in [1.54, 1.807) is 0 Å². The minimum absolute atomic E-state index is 0.135. The van der Waals surface area contributed by atoms with Crippen molar-refractivity contribution in [3.8, 4) is 0 Å². The average molecular weight is 251 g/mol. The Kier molecular flexibility index (Phi) is 3.68. The second kappa shape index (κ2) is 5.13. The van der Waals surface area contributed by atoms with Crippen molar-refractivity contribution in [2.24, 2.45) is 11.7 Å². The quantitative estimate of drug-likeness (QED) is 0.720. The first-order chi connectivity index (χ1) is 8.73. The molecule has 0 aromatic carbocycles. The third-order valence-corrected chi connectivity index (χ3v) is 5.86. The number of hydrogen-bond acceptors (Lipinski definition) is 2. The van der Waals surface area contributed by atoms with Gasteiger partial charge in [0.15, 0.2) is 0 Å². The molecule has 0 bridgehead atoms. The highest BCUT2D eigenvalue weighted by Crippen LogP contribution is 2.46. The van der Waals surface area contributed by atoms with Gasteiger partial charge in [0.1, 0.15) is 0 Å². The van der Waals surface area contributed by atoms with Gasteiger partial charge < -0.3 is 10.5 Å². The summed E-state index contributed by atoms with van der Waals surface area (Å²) in [6.45, 7) is 0.962. The summed E-state index contributed by atoms with van der Waals surface area (Å²) in [7, 11) is 0. The van der Waals surface area contributed by atoms with Crippen LogP contribution in [-0.2, 0) is 4.74 Å². The van der Waals surface area contributed by atoms with Crippen molar-refractivity contribution in [1.82, 2.24) is 0 Å². The van der Waals surface area contributed by atoms with E-state index in [2.05, 4.69) is 0 Å². The van der Waals surface area contributed by atoms with Crippen LogP contribution in [0.25, 0.3) is 0 Å². The molecular weight excluding hydrogens is 222 g/mol. The molecule has 1 aliphatic heterocycles. The molecule has 1 spiro atoms. The van der Waals surface area contributed by atoms with Gasteiger partial charge in [-0.2, -0.15) is 0 Å². The van der Waals surface area contributed by atoms with Crippen LogP contribution < -0.4 is 5.73 Å². The summed E-state index contributed by atoms with van der Waals surface area (Å²) >= 11 is 0. The fourth-order valence-corrected chi connectivity index (χ4v) is 4.68. The summed E-state index contributed by atoms with van der Waals surface area (Å²) < 4.78 is 6.17. The molecule has 104 valence electrons. The summed E-state index contributed by atoms with van der Waals surface area (Å²) in [4.78, 5) is 0. The first-order valence-corrected chi connectivity index (χ1v) is 8.15. The largest absolute Gasteiger partial charge is 0.375 e. The Labute approximate surface area is 112 Å². The highest BCUT2D eigenvalue weighted by atomic mass is 16.5.